The van der Waals surface area contributed by atoms with Crippen LogP contribution in [-0.4, -0.2) is 11.6 Å². The number of fused-ring (bicyclic) bond motifs is 1. The molecule has 110 valence electrons. The quantitative estimate of drug-likeness (QED) is 0.822. The first-order valence-corrected chi connectivity index (χ1v) is 7.65. The predicted octanol–water partition coefficient (Wildman–Crippen LogP) is 4.25. The van der Waals surface area contributed by atoms with E-state index < -0.39 is 0 Å². The number of benzene rings is 1. The van der Waals surface area contributed by atoms with Crippen LogP contribution in [0.2, 0.25) is 0 Å². The van der Waals surface area contributed by atoms with Gasteiger partial charge in [0.2, 0.25) is 0 Å². The Morgan fingerprint density at radius 2 is 1.85 bits per heavy atom. The molecular weight excluding hydrogens is 248 g/mol. The van der Waals surface area contributed by atoms with Crippen molar-refractivity contribution in [2.75, 3.05) is 0 Å². The van der Waals surface area contributed by atoms with E-state index in [-0.39, 0.29) is 11.2 Å². The topological polar surface area (TPSA) is 34.1 Å². The van der Waals surface area contributed by atoms with Crippen molar-refractivity contribution in [3.05, 3.63) is 35.4 Å². The van der Waals surface area contributed by atoms with Crippen molar-refractivity contribution in [3.63, 3.8) is 0 Å². The van der Waals surface area contributed by atoms with Crippen molar-refractivity contribution in [1.29, 1.82) is 0 Å². The van der Waals surface area contributed by atoms with Gasteiger partial charge in [0.15, 0.2) is 0 Å². The van der Waals surface area contributed by atoms with Gasteiger partial charge < -0.3 is 4.79 Å². The largest absolute Gasteiger partial charge is 0.300 e. The van der Waals surface area contributed by atoms with E-state index in [1.165, 1.54) is 11.1 Å². The van der Waals surface area contributed by atoms with Crippen LogP contribution in [0, 0.1) is 0 Å². The Labute approximate surface area is 122 Å². The average Bonchev–Trinajstić information content (AvgIpc) is 2.45. The van der Waals surface area contributed by atoms with Crippen molar-refractivity contribution in [1.82, 2.24) is 0 Å². The van der Waals surface area contributed by atoms with Crippen LogP contribution in [0.4, 0.5) is 0 Å². The Hall–Kier alpha value is -1.44. The van der Waals surface area contributed by atoms with Crippen molar-refractivity contribution in [3.8, 4) is 0 Å². The summed E-state index contributed by atoms with van der Waals surface area (Å²) in [7, 11) is 0. The summed E-state index contributed by atoms with van der Waals surface area (Å²) in [5, 5.41) is 0. The van der Waals surface area contributed by atoms with Crippen LogP contribution in [0.25, 0.3) is 0 Å². The van der Waals surface area contributed by atoms with Crippen LogP contribution in [0.15, 0.2) is 24.3 Å². The van der Waals surface area contributed by atoms with Gasteiger partial charge in [-0.2, -0.15) is 0 Å². The van der Waals surface area contributed by atoms with E-state index in [1.54, 1.807) is 6.92 Å². The van der Waals surface area contributed by atoms with Crippen LogP contribution in [-0.2, 0) is 21.4 Å². The lowest BCUT2D eigenvalue weighted by Crippen LogP contribution is -2.37. The van der Waals surface area contributed by atoms with Crippen molar-refractivity contribution in [2.45, 2.75) is 65.2 Å². The van der Waals surface area contributed by atoms with Crippen molar-refractivity contribution < 1.29 is 9.59 Å². The first-order valence-electron chi connectivity index (χ1n) is 7.65. The molecule has 0 aromatic heterocycles. The molecule has 0 heterocycles. The number of rotatable bonds is 4. The highest BCUT2D eigenvalue weighted by Crippen LogP contribution is 2.38. The Morgan fingerprint density at radius 1 is 1.20 bits per heavy atom. The molecule has 0 saturated heterocycles. The maximum atomic E-state index is 12.3. The predicted molar refractivity (Wildman–Crippen MR) is 83.0 cm³/mol. The maximum Gasteiger partial charge on any atom is 0.143 e. The van der Waals surface area contributed by atoms with E-state index in [2.05, 4.69) is 12.1 Å². The summed E-state index contributed by atoms with van der Waals surface area (Å²) >= 11 is 0. The fourth-order valence-corrected chi connectivity index (χ4v) is 2.92. The number of hydrogen-bond acceptors (Lipinski definition) is 2. The molecular formula is C18H26O2. The fraction of sp³-hybridized carbons (Fsp3) is 0.556. The molecule has 0 saturated carbocycles. The zero-order valence-corrected chi connectivity index (χ0v) is 13.2. The van der Waals surface area contributed by atoms with Crippen molar-refractivity contribution >= 4 is 11.6 Å². The molecule has 0 amide bonds. The third-order valence-corrected chi connectivity index (χ3v) is 4.05. The van der Waals surface area contributed by atoms with Gasteiger partial charge in [0.05, 0.1) is 5.41 Å². The first-order chi connectivity index (χ1) is 9.54. The highest BCUT2D eigenvalue weighted by Gasteiger charge is 2.38. The molecule has 0 bridgehead atoms. The van der Waals surface area contributed by atoms with Gasteiger partial charge in [0.1, 0.15) is 11.6 Å². The summed E-state index contributed by atoms with van der Waals surface area (Å²) in [6.45, 7) is 7.65. The zero-order chi connectivity index (χ0) is 15.2. The molecule has 1 aliphatic carbocycles. The highest BCUT2D eigenvalue weighted by atomic mass is 16.1. The monoisotopic (exact) mass is 274 g/mol. The van der Waals surface area contributed by atoms with E-state index in [0.29, 0.717) is 18.6 Å². The Balaban J connectivity index is 0.000000956. The lowest BCUT2D eigenvalue weighted by Gasteiger charge is -2.34. The summed E-state index contributed by atoms with van der Waals surface area (Å²) in [6.07, 6.45) is 3.64. The molecule has 1 aliphatic rings. The number of aryl methyl sites for hydroxylation is 1. The number of ketones is 2. The van der Waals surface area contributed by atoms with Gasteiger partial charge in [0.25, 0.3) is 0 Å². The second-order valence-corrected chi connectivity index (χ2v) is 5.47. The summed E-state index contributed by atoms with van der Waals surface area (Å²) in [5.41, 5.74) is 2.08. The number of Topliss-reactive ketones (excluding diaryl/α,β-unsaturated/α-hetero) is 2. The van der Waals surface area contributed by atoms with E-state index in [0.717, 1.165) is 19.3 Å². The normalized spacial score (nSPS) is 20.7. The molecule has 0 spiro atoms. The number of hydrogen-bond donors (Lipinski definition) is 0. The Morgan fingerprint density at radius 3 is 2.50 bits per heavy atom. The Bertz CT molecular complexity index is 476. The van der Waals surface area contributed by atoms with Crippen molar-refractivity contribution in [2.24, 2.45) is 0 Å². The standard InChI is InChI=1S/C16H20O2.C2H6/c1-12(17)6-5-11-16(2)14-8-4-3-7-13(14)9-10-15(16)18;1-2/h3-4,7-8H,5-6,9-11H2,1-2H3;1-2H3/t16-;/m0./s1. The molecule has 2 rings (SSSR count). The average molecular weight is 274 g/mol. The summed E-state index contributed by atoms with van der Waals surface area (Å²) in [4.78, 5) is 23.3. The summed E-state index contributed by atoms with van der Waals surface area (Å²) in [6, 6.07) is 8.22. The van der Waals surface area contributed by atoms with E-state index >= 15 is 0 Å². The molecule has 0 radical (unpaired) electrons. The number of carbonyl (C=O) groups excluding carboxylic acids is 2. The van der Waals surface area contributed by atoms with Gasteiger partial charge in [-0.25, -0.2) is 0 Å². The second kappa shape index (κ2) is 7.37. The third-order valence-electron chi connectivity index (χ3n) is 4.05. The van der Waals surface area contributed by atoms with E-state index in [1.807, 2.05) is 32.9 Å². The van der Waals surface area contributed by atoms with Crippen LogP contribution in [0.3, 0.4) is 0 Å². The van der Waals surface area contributed by atoms with E-state index in [9.17, 15) is 9.59 Å². The summed E-state index contributed by atoms with van der Waals surface area (Å²) < 4.78 is 0. The minimum absolute atomic E-state index is 0.204. The minimum Gasteiger partial charge on any atom is -0.300 e. The van der Waals surface area contributed by atoms with Crippen LogP contribution >= 0.6 is 0 Å². The molecule has 20 heavy (non-hydrogen) atoms. The van der Waals surface area contributed by atoms with Gasteiger partial charge in [-0.15, -0.1) is 0 Å². The van der Waals surface area contributed by atoms with Gasteiger partial charge >= 0.3 is 0 Å². The van der Waals surface area contributed by atoms with Crippen LogP contribution < -0.4 is 0 Å². The van der Waals surface area contributed by atoms with Gasteiger partial charge in [0, 0.05) is 12.8 Å². The van der Waals surface area contributed by atoms with Crippen LogP contribution in [0.1, 0.15) is 64.5 Å². The number of carbonyl (C=O) groups is 2. The minimum atomic E-state index is -0.385. The second-order valence-electron chi connectivity index (χ2n) is 5.47. The lowest BCUT2D eigenvalue weighted by atomic mass is 9.68. The molecule has 0 fully saturated rings. The maximum absolute atomic E-state index is 12.3. The smallest absolute Gasteiger partial charge is 0.143 e. The summed E-state index contributed by atoms with van der Waals surface area (Å²) in [5.74, 6) is 0.528. The molecule has 0 unspecified atom stereocenters. The first kappa shape index (κ1) is 16.6. The zero-order valence-electron chi connectivity index (χ0n) is 13.2. The molecule has 0 aliphatic heterocycles. The van der Waals surface area contributed by atoms with Gasteiger partial charge in [-0.05, 0) is 44.2 Å². The van der Waals surface area contributed by atoms with Gasteiger partial charge in [-0.3, -0.25) is 4.79 Å². The molecule has 0 N–H and O–H groups in total. The lowest BCUT2D eigenvalue weighted by molar-refractivity contribution is -0.125. The van der Waals surface area contributed by atoms with E-state index in [4.69, 9.17) is 0 Å². The van der Waals surface area contributed by atoms with Gasteiger partial charge in [-0.1, -0.05) is 38.1 Å². The molecule has 2 heteroatoms. The highest BCUT2D eigenvalue weighted by molar-refractivity contribution is 5.92. The molecule has 2 nitrogen and oxygen atoms in total. The van der Waals surface area contributed by atoms with Crippen LogP contribution in [0.5, 0.6) is 0 Å². The molecule has 1 aromatic rings. The third kappa shape index (κ3) is 3.56. The Kier molecular flexibility index (Phi) is 6.12. The molecule has 1 aromatic carbocycles. The molecule has 1 atom stereocenters. The fourth-order valence-electron chi connectivity index (χ4n) is 2.92. The SMILES string of the molecule is CC.CC(=O)CCC[C@]1(C)C(=O)CCc2ccccc21.